The Morgan fingerprint density at radius 2 is 2.17 bits per heavy atom. The molecule has 2 rings (SSSR count). The highest BCUT2D eigenvalue weighted by molar-refractivity contribution is 5.78. The van der Waals surface area contributed by atoms with Crippen LogP contribution in [0.15, 0.2) is 24.5 Å². The van der Waals surface area contributed by atoms with Crippen molar-refractivity contribution in [3.05, 3.63) is 24.5 Å². The third kappa shape index (κ3) is 2.82. The summed E-state index contributed by atoms with van der Waals surface area (Å²) in [7, 11) is 2.16. The van der Waals surface area contributed by atoms with Gasteiger partial charge in [-0.15, -0.1) is 0 Å². The third-order valence-electron chi connectivity index (χ3n) is 3.44. The predicted octanol–water partition coefficient (Wildman–Crippen LogP) is 2.35. The van der Waals surface area contributed by atoms with E-state index in [1.54, 1.807) is 0 Å². The number of hydrogen-bond acceptors (Lipinski definition) is 3. The van der Waals surface area contributed by atoms with Gasteiger partial charge in [-0.1, -0.05) is 0 Å². The van der Waals surface area contributed by atoms with Crippen molar-refractivity contribution in [1.82, 2.24) is 14.5 Å². The summed E-state index contributed by atoms with van der Waals surface area (Å²) in [6, 6.07) is 6.50. The molecule has 0 aliphatic heterocycles. The number of nitrogen functional groups attached to an aromatic ring is 1. The Morgan fingerprint density at radius 3 is 2.89 bits per heavy atom. The zero-order valence-corrected chi connectivity index (χ0v) is 11.4. The molecule has 0 unspecified atom stereocenters. The van der Waals surface area contributed by atoms with E-state index in [4.69, 9.17) is 5.73 Å². The fourth-order valence-corrected chi connectivity index (χ4v) is 2.01. The quantitative estimate of drug-likeness (QED) is 0.824. The Kier molecular flexibility index (Phi) is 3.87. The van der Waals surface area contributed by atoms with Gasteiger partial charge in [0.25, 0.3) is 0 Å². The highest BCUT2D eigenvalue weighted by atomic mass is 15.1. The number of nitrogens with zero attached hydrogens (tertiary/aromatic N) is 3. The van der Waals surface area contributed by atoms with Crippen molar-refractivity contribution < 1.29 is 0 Å². The lowest BCUT2D eigenvalue weighted by molar-refractivity contribution is 0.266. The highest BCUT2D eigenvalue weighted by Gasteiger charge is 2.05. The summed E-state index contributed by atoms with van der Waals surface area (Å²) in [5.74, 6) is 0. The number of imidazole rings is 1. The number of anilines is 1. The molecule has 98 valence electrons. The third-order valence-corrected chi connectivity index (χ3v) is 3.44. The van der Waals surface area contributed by atoms with Crippen molar-refractivity contribution in [1.29, 1.82) is 0 Å². The second kappa shape index (κ2) is 5.40. The minimum absolute atomic E-state index is 0.601. The van der Waals surface area contributed by atoms with Crippen molar-refractivity contribution in [2.24, 2.45) is 0 Å². The molecule has 1 aromatic heterocycles. The van der Waals surface area contributed by atoms with Gasteiger partial charge in [0.15, 0.2) is 0 Å². The van der Waals surface area contributed by atoms with Crippen LogP contribution in [0, 0.1) is 0 Å². The summed E-state index contributed by atoms with van der Waals surface area (Å²) in [5, 5.41) is 0. The molecule has 0 radical (unpaired) electrons. The molecule has 4 nitrogen and oxygen atoms in total. The summed E-state index contributed by atoms with van der Waals surface area (Å²) in [5.41, 5.74) is 8.66. The zero-order chi connectivity index (χ0) is 13.1. The molecule has 0 saturated carbocycles. The van der Waals surface area contributed by atoms with E-state index in [9.17, 15) is 0 Å². The van der Waals surface area contributed by atoms with Crippen LogP contribution in [0.4, 0.5) is 5.69 Å². The summed E-state index contributed by atoms with van der Waals surface area (Å²) < 4.78 is 2.20. The fourth-order valence-electron chi connectivity index (χ4n) is 2.01. The van der Waals surface area contributed by atoms with Crippen molar-refractivity contribution in [3.8, 4) is 0 Å². The summed E-state index contributed by atoms with van der Waals surface area (Å²) in [4.78, 5) is 6.74. The SMILES string of the molecule is CC(C)N(C)CCCn1cnc2cc(N)ccc21. The van der Waals surface area contributed by atoms with Crippen LogP contribution < -0.4 is 5.73 Å². The normalized spacial score (nSPS) is 11.8. The number of benzene rings is 1. The number of nitrogens with two attached hydrogens (primary N) is 1. The molecule has 2 aromatic rings. The van der Waals surface area contributed by atoms with Gasteiger partial charge in [-0.3, -0.25) is 0 Å². The lowest BCUT2D eigenvalue weighted by atomic mass is 10.2. The molecule has 2 N–H and O–H groups in total. The minimum Gasteiger partial charge on any atom is -0.399 e. The van der Waals surface area contributed by atoms with Crippen molar-refractivity contribution in [3.63, 3.8) is 0 Å². The number of rotatable bonds is 5. The number of aromatic nitrogens is 2. The van der Waals surface area contributed by atoms with E-state index in [2.05, 4.69) is 35.3 Å². The van der Waals surface area contributed by atoms with E-state index < -0.39 is 0 Å². The molecular weight excluding hydrogens is 224 g/mol. The first kappa shape index (κ1) is 12.9. The molecule has 0 fully saturated rings. The summed E-state index contributed by atoms with van der Waals surface area (Å²) >= 11 is 0. The Bertz CT molecular complexity index is 515. The molecule has 0 aliphatic carbocycles. The lowest BCUT2D eigenvalue weighted by Gasteiger charge is -2.20. The van der Waals surface area contributed by atoms with Crippen LogP contribution in [0.5, 0.6) is 0 Å². The van der Waals surface area contributed by atoms with Gasteiger partial charge >= 0.3 is 0 Å². The van der Waals surface area contributed by atoms with Gasteiger partial charge in [0.05, 0.1) is 17.4 Å². The van der Waals surface area contributed by atoms with E-state index in [1.165, 1.54) is 0 Å². The maximum atomic E-state index is 5.75. The molecule has 0 amide bonds. The van der Waals surface area contributed by atoms with Crippen LogP contribution in [-0.4, -0.2) is 34.1 Å². The average Bonchev–Trinajstić information content (AvgIpc) is 2.71. The first-order valence-corrected chi connectivity index (χ1v) is 6.48. The summed E-state index contributed by atoms with van der Waals surface area (Å²) in [6.07, 6.45) is 3.03. The second-order valence-corrected chi connectivity index (χ2v) is 5.11. The molecule has 0 bridgehead atoms. The van der Waals surface area contributed by atoms with Crippen LogP contribution in [0.2, 0.25) is 0 Å². The Labute approximate surface area is 108 Å². The van der Waals surface area contributed by atoms with Gasteiger partial charge < -0.3 is 15.2 Å². The molecule has 0 spiro atoms. The van der Waals surface area contributed by atoms with E-state index in [0.29, 0.717) is 6.04 Å². The number of hydrogen-bond donors (Lipinski definition) is 1. The molecule has 0 atom stereocenters. The molecule has 1 heterocycles. The standard InChI is InChI=1S/C14H22N4/c1-11(2)17(3)7-4-8-18-10-16-13-9-12(15)5-6-14(13)18/h5-6,9-11H,4,7-8,15H2,1-3H3. The molecule has 4 heteroatoms. The van der Waals surface area contributed by atoms with Crippen LogP contribution >= 0.6 is 0 Å². The minimum atomic E-state index is 0.601. The molecule has 0 saturated heterocycles. The smallest absolute Gasteiger partial charge is 0.0958 e. The Morgan fingerprint density at radius 1 is 1.39 bits per heavy atom. The first-order chi connectivity index (χ1) is 8.58. The van der Waals surface area contributed by atoms with Crippen LogP contribution in [0.25, 0.3) is 11.0 Å². The first-order valence-electron chi connectivity index (χ1n) is 6.48. The summed E-state index contributed by atoms with van der Waals surface area (Å²) in [6.45, 7) is 6.54. The maximum Gasteiger partial charge on any atom is 0.0958 e. The fraction of sp³-hybridized carbons (Fsp3) is 0.500. The van der Waals surface area contributed by atoms with Crippen LogP contribution in [-0.2, 0) is 6.54 Å². The van der Waals surface area contributed by atoms with Gasteiger partial charge in [-0.25, -0.2) is 4.98 Å². The Balaban J connectivity index is 2.00. The van der Waals surface area contributed by atoms with Crippen LogP contribution in [0.1, 0.15) is 20.3 Å². The van der Waals surface area contributed by atoms with Gasteiger partial charge in [0, 0.05) is 18.3 Å². The Hall–Kier alpha value is -1.55. The van der Waals surface area contributed by atoms with Crippen molar-refractivity contribution in [2.75, 3.05) is 19.3 Å². The van der Waals surface area contributed by atoms with E-state index in [0.717, 1.165) is 36.2 Å². The van der Waals surface area contributed by atoms with Crippen LogP contribution in [0.3, 0.4) is 0 Å². The monoisotopic (exact) mass is 246 g/mol. The van der Waals surface area contributed by atoms with Crippen molar-refractivity contribution in [2.45, 2.75) is 32.9 Å². The van der Waals surface area contributed by atoms with Crippen molar-refractivity contribution >= 4 is 16.7 Å². The molecule has 18 heavy (non-hydrogen) atoms. The largest absolute Gasteiger partial charge is 0.399 e. The average molecular weight is 246 g/mol. The van der Waals surface area contributed by atoms with E-state index in [1.807, 2.05) is 24.5 Å². The van der Waals surface area contributed by atoms with Gasteiger partial charge in [-0.2, -0.15) is 0 Å². The number of fused-ring (bicyclic) bond motifs is 1. The van der Waals surface area contributed by atoms with E-state index >= 15 is 0 Å². The maximum absolute atomic E-state index is 5.75. The predicted molar refractivity (Wildman–Crippen MR) is 76.5 cm³/mol. The topological polar surface area (TPSA) is 47.1 Å². The van der Waals surface area contributed by atoms with E-state index in [-0.39, 0.29) is 0 Å². The highest BCUT2D eigenvalue weighted by Crippen LogP contribution is 2.16. The molecule has 0 aliphatic rings. The zero-order valence-electron chi connectivity index (χ0n) is 11.4. The van der Waals surface area contributed by atoms with Gasteiger partial charge in [-0.05, 0) is 52.1 Å². The molecular formula is C14H22N4. The number of aryl methyl sites for hydroxylation is 1. The second-order valence-electron chi connectivity index (χ2n) is 5.11. The van der Waals surface area contributed by atoms with Gasteiger partial charge in [0.2, 0.25) is 0 Å². The molecule has 1 aromatic carbocycles. The lowest BCUT2D eigenvalue weighted by Crippen LogP contribution is -2.27. The van der Waals surface area contributed by atoms with Gasteiger partial charge in [0.1, 0.15) is 0 Å².